The fourth-order valence-electron chi connectivity index (χ4n) is 1.04. The fraction of sp³-hybridized carbons (Fsp3) is 0.667. The molecule has 0 heterocycles. The van der Waals surface area contributed by atoms with Gasteiger partial charge in [0.15, 0.2) is 0 Å². The number of rotatable bonds is 5. The average Bonchev–Trinajstić information content (AvgIpc) is 2.15. The Bertz CT molecular complexity index is 199. The third kappa shape index (κ3) is 3.94. The summed E-state index contributed by atoms with van der Waals surface area (Å²) in [7, 11) is 1.36. The van der Waals surface area contributed by atoms with E-state index in [2.05, 4.69) is 10.1 Å². The molecule has 0 radical (unpaired) electrons. The van der Waals surface area contributed by atoms with Crippen LogP contribution in [-0.4, -0.2) is 31.3 Å². The molecule has 0 aliphatic heterocycles. The summed E-state index contributed by atoms with van der Waals surface area (Å²) >= 11 is 0. The van der Waals surface area contributed by atoms with Gasteiger partial charge in [0.2, 0.25) is 0 Å². The van der Waals surface area contributed by atoms with Crippen molar-refractivity contribution < 1.29 is 14.6 Å². The van der Waals surface area contributed by atoms with Crippen molar-refractivity contribution in [1.29, 1.82) is 0 Å². The van der Waals surface area contributed by atoms with Crippen LogP contribution in [0.1, 0.15) is 20.3 Å². The number of ether oxygens (including phenoxy) is 1. The summed E-state index contributed by atoms with van der Waals surface area (Å²) in [5.41, 5.74) is 1.39. The first-order valence-electron chi connectivity index (χ1n) is 4.30. The molecular weight excluding hydrogens is 170 g/mol. The van der Waals surface area contributed by atoms with Gasteiger partial charge in [-0.15, -0.1) is 0 Å². The van der Waals surface area contributed by atoms with E-state index >= 15 is 0 Å². The quantitative estimate of drug-likeness (QED) is 0.484. The van der Waals surface area contributed by atoms with E-state index in [1.807, 2.05) is 6.92 Å². The summed E-state index contributed by atoms with van der Waals surface area (Å²) in [6, 6.07) is 0. The molecule has 0 aromatic carbocycles. The molecule has 76 valence electrons. The van der Waals surface area contributed by atoms with E-state index in [9.17, 15) is 4.79 Å². The number of allylic oxidation sites excluding steroid dienone is 1. The minimum atomic E-state index is -0.314. The fourth-order valence-corrected chi connectivity index (χ4v) is 1.04. The highest BCUT2D eigenvalue weighted by molar-refractivity contribution is 5.88. The highest BCUT2D eigenvalue weighted by Crippen LogP contribution is 2.07. The molecule has 13 heavy (non-hydrogen) atoms. The Balaban J connectivity index is 4.39. The summed E-state index contributed by atoms with van der Waals surface area (Å²) in [5, 5.41) is 11.5. The van der Waals surface area contributed by atoms with Crippen molar-refractivity contribution in [3.63, 3.8) is 0 Å². The Kier molecular flexibility index (Phi) is 5.97. The second-order valence-electron chi connectivity index (χ2n) is 2.60. The van der Waals surface area contributed by atoms with Crippen molar-refractivity contribution in [2.24, 2.45) is 0 Å². The molecule has 0 aromatic rings. The molecule has 0 amide bonds. The number of esters is 1. The second kappa shape index (κ2) is 6.48. The van der Waals surface area contributed by atoms with Crippen molar-refractivity contribution in [1.82, 2.24) is 5.32 Å². The van der Waals surface area contributed by atoms with E-state index in [4.69, 9.17) is 5.11 Å². The van der Waals surface area contributed by atoms with Crippen molar-refractivity contribution in [2.45, 2.75) is 20.3 Å². The Morgan fingerprint density at radius 3 is 2.54 bits per heavy atom. The summed E-state index contributed by atoms with van der Waals surface area (Å²) in [6.07, 6.45) is 0.622. The predicted octanol–water partition coefficient (Wildman–Crippen LogP) is 0.425. The van der Waals surface area contributed by atoms with E-state index in [-0.39, 0.29) is 12.6 Å². The van der Waals surface area contributed by atoms with Crippen LogP contribution in [0.3, 0.4) is 0 Å². The maximum Gasteiger partial charge on any atom is 0.335 e. The third-order valence-electron chi connectivity index (χ3n) is 1.74. The first-order valence-corrected chi connectivity index (χ1v) is 4.30. The lowest BCUT2D eigenvalue weighted by atomic mass is 10.1. The number of nitrogens with one attached hydrogen (secondary N) is 1. The van der Waals surface area contributed by atoms with Gasteiger partial charge < -0.3 is 15.2 Å². The predicted molar refractivity (Wildman–Crippen MR) is 50.1 cm³/mol. The van der Waals surface area contributed by atoms with Crippen LogP contribution in [0.15, 0.2) is 11.3 Å². The number of hydrogen-bond donors (Lipinski definition) is 2. The summed E-state index contributed by atoms with van der Waals surface area (Å²) < 4.78 is 4.61. The topological polar surface area (TPSA) is 58.6 Å². The minimum Gasteiger partial charge on any atom is -0.466 e. The van der Waals surface area contributed by atoms with Gasteiger partial charge >= 0.3 is 5.97 Å². The Morgan fingerprint density at radius 2 is 2.15 bits per heavy atom. The maximum atomic E-state index is 11.2. The molecule has 0 rings (SSSR count). The van der Waals surface area contributed by atoms with E-state index in [0.717, 1.165) is 5.70 Å². The molecule has 0 aliphatic carbocycles. The summed E-state index contributed by atoms with van der Waals surface area (Å²) in [6.45, 7) is 4.18. The first kappa shape index (κ1) is 12.0. The summed E-state index contributed by atoms with van der Waals surface area (Å²) in [4.78, 5) is 11.2. The highest BCUT2D eigenvalue weighted by Gasteiger charge is 2.10. The van der Waals surface area contributed by atoms with Gasteiger partial charge in [-0.2, -0.15) is 0 Å². The van der Waals surface area contributed by atoms with Crippen LogP contribution in [-0.2, 0) is 9.53 Å². The van der Waals surface area contributed by atoms with Gasteiger partial charge in [-0.25, -0.2) is 4.79 Å². The zero-order valence-electron chi connectivity index (χ0n) is 8.39. The van der Waals surface area contributed by atoms with Gasteiger partial charge in [-0.05, 0) is 13.3 Å². The normalized spacial score (nSPS) is 12.0. The third-order valence-corrected chi connectivity index (χ3v) is 1.74. The van der Waals surface area contributed by atoms with Crippen molar-refractivity contribution in [3.8, 4) is 0 Å². The number of aliphatic hydroxyl groups excluding tert-OH is 1. The number of methoxy groups -OCH3 is 1. The summed E-state index contributed by atoms with van der Waals surface area (Å²) in [5.74, 6) is -0.314. The number of carbonyl (C=O) groups excluding carboxylic acids is 1. The Labute approximate surface area is 78.6 Å². The molecule has 0 fully saturated rings. The van der Waals surface area contributed by atoms with Gasteiger partial charge in [-0.3, -0.25) is 0 Å². The van der Waals surface area contributed by atoms with Crippen LogP contribution >= 0.6 is 0 Å². The van der Waals surface area contributed by atoms with Gasteiger partial charge in [0.25, 0.3) is 0 Å². The Hall–Kier alpha value is -1.03. The van der Waals surface area contributed by atoms with Crippen LogP contribution in [0.5, 0.6) is 0 Å². The molecule has 0 atom stereocenters. The van der Waals surface area contributed by atoms with E-state index in [1.54, 1.807) is 6.92 Å². The first-order chi connectivity index (χ1) is 6.17. The molecule has 0 spiro atoms. The Morgan fingerprint density at radius 1 is 1.54 bits per heavy atom. The van der Waals surface area contributed by atoms with Crippen molar-refractivity contribution in [3.05, 3.63) is 11.3 Å². The zero-order chi connectivity index (χ0) is 10.3. The standard InChI is InChI=1S/C9H17NO3/c1-4-8(9(12)13-3)7(2)10-5-6-11/h10-11H,4-6H2,1-3H3/b8-7+. The van der Waals surface area contributed by atoms with Gasteiger partial charge in [0.1, 0.15) is 0 Å². The molecular formula is C9H17NO3. The SMILES string of the molecule is CC/C(C(=O)OC)=C(/C)NCCO. The van der Waals surface area contributed by atoms with E-state index in [0.29, 0.717) is 18.5 Å². The largest absolute Gasteiger partial charge is 0.466 e. The zero-order valence-corrected chi connectivity index (χ0v) is 8.39. The van der Waals surface area contributed by atoms with Gasteiger partial charge in [0.05, 0.1) is 19.3 Å². The van der Waals surface area contributed by atoms with Gasteiger partial charge in [-0.1, -0.05) is 6.92 Å². The molecule has 4 heteroatoms. The van der Waals surface area contributed by atoms with E-state index in [1.165, 1.54) is 7.11 Å². The lowest BCUT2D eigenvalue weighted by Gasteiger charge is -2.09. The number of aliphatic hydroxyl groups is 1. The smallest absolute Gasteiger partial charge is 0.335 e. The van der Waals surface area contributed by atoms with Crippen LogP contribution in [0.2, 0.25) is 0 Å². The molecule has 2 N–H and O–H groups in total. The second-order valence-corrected chi connectivity index (χ2v) is 2.60. The maximum absolute atomic E-state index is 11.2. The minimum absolute atomic E-state index is 0.0511. The number of hydrogen-bond acceptors (Lipinski definition) is 4. The van der Waals surface area contributed by atoms with Crippen LogP contribution < -0.4 is 5.32 Å². The van der Waals surface area contributed by atoms with Crippen molar-refractivity contribution >= 4 is 5.97 Å². The average molecular weight is 187 g/mol. The number of carbonyl (C=O) groups is 1. The molecule has 0 aromatic heterocycles. The van der Waals surface area contributed by atoms with Crippen molar-refractivity contribution in [2.75, 3.05) is 20.3 Å². The highest BCUT2D eigenvalue weighted by atomic mass is 16.5. The molecule has 4 nitrogen and oxygen atoms in total. The monoisotopic (exact) mass is 187 g/mol. The molecule has 0 saturated carbocycles. The molecule has 0 bridgehead atoms. The van der Waals surface area contributed by atoms with Crippen LogP contribution in [0.4, 0.5) is 0 Å². The molecule has 0 saturated heterocycles. The van der Waals surface area contributed by atoms with Crippen LogP contribution in [0, 0.1) is 0 Å². The van der Waals surface area contributed by atoms with Crippen LogP contribution in [0.25, 0.3) is 0 Å². The van der Waals surface area contributed by atoms with Gasteiger partial charge in [0, 0.05) is 12.2 Å². The molecule has 0 unspecified atom stereocenters. The van der Waals surface area contributed by atoms with E-state index < -0.39 is 0 Å². The lowest BCUT2D eigenvalue weighted by Crippen LogP contribution is -2.20. The lowest BCUT2D eigenvalue weighted by molar-refractivity contribution is -0.136. The molecule has 0 aliphatic rings.